The lowest BCUT2D eigenvalue weighted by Crippen LogP contribution is -2.17. The van der Waals surface area contributed by atoms with E-state index in [0.717, 1.165) is 24.3 Å². The average Bonchev–Trinajstić information content (AvgIpc) is 2.66. The highest BCUT2D eigenvalue weighted by Crippen LogP contribution is 2.28. The molecule has 4 nitrogen and oxygen atoms in total. The Bertz CT molecular complexity index is 985. The molecule has 0 N–H and O–H groups in total. The number of esters is 2. The zero-order valence-electron chi connectivity index (χ0n) is 13.9. The van der Waals surface area contributed by atoms with Crippen LogP contribution in [0.15, 0.2) is 69.6 Å². The Morgan fingerprint density at radius 3 is 1.43 bits per heavy atom. The summed E-state index contributed by atoms with van der Waals surface area (Å²) in [5.74, 6) is -2.45. The number of halogens is 4. The monoisotopic (exact) mass is 510 g/mol. The van der Waals surface area contributed by atoms with Crippen molar-refractivity contribution >= 4 is 43.8 Å². The van der Waals surface area contributed by atoms with E-state index in [4.69, 9.17) is 9.47 Å². The van der Waals surface area contributed by atoms with Gasteiger partial charge in [-0.3, -0.25) is 0 Å². The fourth-order valence-electron chi connectivity index (χ4n) is 2.26. The molecule has 0 saturated carbocycles. The van der Waals surface area contributed by atoms with Crippen molar-refractivity contribution in [2.24, 2.45) is 0 Å². The second-order valence-electron chi connectivity index (χ2n) is 5.47. The van der Waals surface area contributed by atoms with Gasteiger partial charge in [0.25, 0.3) is 0 Å². The molecular formula is C20H10Br2F2O4. The first-order valence-electron chi connectivity index (χ1n) is 7.78. The van der Waals surface area contributed by atoms with E-state index in [2.05, 4.69) is 31.9 Å². The minimum absolute atomic E-state index is 0.0399. The fraction of sp³-hybridized carbons (Fsp3) is 0. The van der Waals surface area contributed by atoms with E-state index in [9.17, 15) is 18.4 Å². The van der Waals surface area contributed by atoms with Gasteiger partial charge in [0, 0.05) is 0 Å². The van der Waals surface area contributed by atoms with Gasteiger partial charge in [-0.05, 0) is 80.4 Å². The van der Waals surface area contributed by atoms with Gasteiger partial charge < -0.3 is 9.47 Å². The van der Waals surface area contributed by atoms with Gasteiger partial charge in [0.15, 0.2) is 0 Å². The Hall–Kier alpha value is -2.58. The lowest BCUT2D eigenvalue weighted by molar-refractivity contribution is 0.0690. The van der Waals surface area contributed by atoms with Crippen molar-refractivity contribution in [3.63, 3.8) is 0 Å². The first kappa shape index (κ1) is 20.2. The van der Waals surface area contributed by atoms with Crippen LogP contribution in [0.5, 0.6) is 11.5 Å². The van der Waals surface area contributed by atoms with Crippen LogP contribution in [0.2, 0.25) is 0 Å². The summed E-state index contributed by atoms with van der Waals surface area (Å²) in [6.07, 6.45) is 0. The molecule has 8 heteroatoms. The molecule has 28 heavy (non-hydrogen) atoms. The molecule has 0 heterocycles. The maximum atomic E-state index is 13.2. The zero-order chi connectivity index (χ0) is 20.3. The lowest BCUT2D eigenvalue weighted by atomic mass is 10.1. The van der Waals surface area contributed by atoms with Gasteiger partial charge >= 0.3 is 11.9 Å². The highest BCUT2D eigenvalue weighted by Gasteiger charge is 2.21. The van der Waals surface area contributed by atoms with Crippen LogP contribution in [0, 0.1) is 11.6 Å². The highest BCUT2D eigenvalue weighted by molar-refractivity contribution is 9.10. The Morgan fingerprint density at radius 1 is 0.679 bits per heavy atom. The highest BCUT2D eigenvalue weighted by atomic mass is 79.9. The summed E-state index contributed by atoms with van der Waals surface area (Å²) in [4.78, 5) is 25.1. The molecule has 142 valence electrons. The summed E-state index contributed by atoms with van der Waals surface area (Å²) in [6.45, 7) is 0. The van der Waals surface area contributed by atoms with Crippen molar-refractivity contribution in [1.29, 1.82) is 0 Å². The number of carbonyl (C=O) groups excluding carboxylic acids is 2. The smallest absolute Gasteiger partial charge is 0.344 e. The van der Waals surface area contributed by atoms with Crippen LogP contribution in [0.3, 0.4) is 0 Å². The molecule has 0 saturated heterocycles. The van der Waals surface area contributed by atoms with Gasteiger partial charge in [0.2, 0.25) is 0 Å². The minimum atomic E-state index is -0.821. The van der Waals surface area contributed by atoms with Crippen LogP contribution in [0.1, 0.15) is 20.7 Å². The quantitative estimate of drug-likeness (QED) is 0.322. The van der Waals surface area contributed by atoms with Gasteiger partial charge in [-0.1, -0.05) is 12.1 Å². The second kappa shape index (κ2) is 8.62. The van der Waals surface area contributed by atoms with Crippen molar-refractivity contribution in [2.75, 3.05) is 0 Å². The third-order valence-electron chi connectivity index (χ3n) is 3.56. The van der Waals surface area contributed by atoms with Crippen LogP contribution >= 0.6 is 31.9 Å². The first-order chi connectivity index (χ1) is 13.3. The predicted octanol–water partition coefficient (Wildman–Crippen LogP) is 5.93. The first-order valence-corrected chi connectivity index (χ1v) is 9.37. The van der Waals surface area contributed by atoms with Crippen LogP contribution in [-0.2, 0) is 0 Å². The Kier molecular flexibility index (Phi) is 6.21. The molecule has 0 aromatic heterocycles. The molecule has 0 radical (unpaired) electrons. The van der Waals surface area contributed by atoms with E-state index < -0.39 is 23.6 Å². The van der Waals surface area contributed by atoms with E-state index in [1.54, 1.807) is 12.1 Å². The van der Waals surface area contributed by atoms with Gasteiger partial charge in [-0.25, -0.2) is 18.4 Å². The summed E-state index contributed by atoms with van der Waals surface area (Å²) < 4.78 is 37.4. The Balaban J connectivity index is 1.85. The molecule has 0 aliphatic heterocycles. The molecule has 3 rings (SSSR count). The number of carbonyl (C=O) groups is 2. The molecule has 0 atom stereocenters. The van der Waals surface area contributed by atoms with E-state index in [0.29, 0.717) is 0 Å². The Labute approximate surface area is 175 Å². The van der Waals surface area contributed by atoms with Crippen molar-refractivity contribution in [3.05, 3.63) is 92.4 Å². The van der Waals surface area contributed by atoms with Crippen LogP contribution < -0.4 is 9.47 Å². The van der Waals surface area contributed by atoms with E-state index >= 15 is 0 Å². The van der Waals surface area contributed by atoms with Gasteiger partial charge in [0.05, 0.1) is 20.1 Å². The van der Waals surface area contributed by atoms with Crippen LogP contribution in [-0.4, -0.2) is 11.9 Å². The fourth-order valence-corrected chi connectivity index (χ4v) is 3.13. The zero-order valence-corrected chi connectivity index (χ0v) is 17.1. The van der Waals surface area contributed by atoms with E-state index in [-0.39, 0.29) is 31.6 Å². The van der Waals surface area contributed by atoms with Gasteiger partial charge in [0.1, 0.15) is 23.1 Å². The van der Waals surface area contributed by atoms with E-state index in [1.807, 2.05) is 0 Å². The predicted molar refractivity (Wildman–Crippen MR) is 105 cm³/mol. The molecule has 3 aromatic carbocycles. The number of benzene rings is 3. The summed E-state index contributed by atoms with van der Waals surface area (Å²) >= 11 is 6.22. The molecule has 0 bridgehead atoms. The largest absolute Gasteiger partial charge is 0.422 e. The van der Waals surface area contributed by atoms with Gasteiger partial charge in [-0.2, -0.15) is 0 Å². The summed E-state index contributed by atoms with van der Waals surface area (Å²) in [7, 11) is 0. The second-order valence-corrected chi connectivity index (χ2v) is 7.18. The van der Waals surface area contributed by atoms with Crippen molar-refractivity contribution in [3.8, 4) is 11.5 Å². The van der Waals surface area contributed by atoms with Crippen molar-refractivity contribution in [1.82, 2.24) is 0 Å². The molecule has 0 aliphatic rings. The van der Waals surface area contributed by atoms with Crippen LogP contribution in [0.4, 0.5) is 8.78 Å². The molecule has 3 aromatic rings. The average molecular weight is 512 g/mol. The number of ether oxygens (including phenoxy) is 2. The molecule has 0 spiro atoms. The van der Waals surface area contributed by atoms with E-state index in [1.165, 1.54) is 24.3 Å². The minimum Gasteiger partial charge on any atom is -0.422 e. The summed E-state index contributed by atoms with van der Waals surface area (Å²) in [6, 6.07) is 13.1. The molecule has 0 unspecified atom stereocenters. The maximum absolute atomic E-state index is 13.2. The van der Waals surface area contributed by atoms with Crippen molar-refractivity contribution < 1.29 is 27.8 Å². The maximum Gasteiger partial charge on any atom is 0.344 e. The third kappa shape index (κ3) is 4.63. The summed E-state index contributed by atoms with van der Waals surface area (Å²) in [5.41, 5.74) is -0.0797. The molecule has 0 fully saturated rings. The third-order valence-corrected chi connectivity index (χ3v) is 4.80. The topological polar surface area (TPSA) is 52.6 Å². The normalized spacial score (nSPS) is 10.4. The van der Waals surface area contributed by atoms with Gasteiger partial charge in [-0.15, -0.1) is 0 Å². The lowest BCUT2D eigenvalue weighted by Gasteiger charge is -2.11. The summed E-state index contributed by atoms with van der Waals surface area (Å²) in [5, 5.41) is 0. The Morgan fingerprint density at radius 2 is 1.07 bits per heavy atom. The standard InChI is InChI=1S/C20H10Br2F2O4/c21-15-9-11(23)5-7-17(15)27-19(25)13-3-1-2-4-14(13)20(26)28-18-8-6-12(24)10-16(18)22/h1-10H. The number of hydrogen-bond acceptors (Lipinski definition) is 4. The SMILES string of the molecule is O=C(Oc1ccc(F)cc1Br)c1ccccc1C(=O)Oc1ccc(F)cc1Br. The number of rotatable bonds is 4. The molecule has 0 amide bonds. The number of hydrogen-bond donors (Lipinski definition) is 0. The van der Waals surface area contributed by atoms with Crippen LogP contribution in [0.25, 0.3) is 0 Å². The molecule has 0 aliphatic carbocycles. The van der Waals surface area contributed by atoms with Crippen molar-refractivity contribution in [2.45, 2.75) is 0 Å². The molecular weight excluding hydrogens is 502 g/mol.